The number of imidazole rings is 1. The number of nitrogen functional groups attached to an aromatic ring is 1. The number of rotatable bonds is 21. The molecule has 0 bridgehead atoms. The molecule has 0 unspecified atom stereocenters. The van der Waals surface area contributed by atoms with Gasteiger partial charge in [0.15, 0.2) is 14.3 Å². The number of aromatic nitrogens is 6. The Morgan fingerprint density at radius 2 is 1.42 bits per heavy atom. The summed E-state index contributed by atoms with van der Waals surface area (Å²) >= 11 is 0. The number of aromatic amines is 1. The number of benzene rings is 4. The van der Waals surface area contributed by atoms with Crippen LogP contribution in [0.5, 0.6) is 17.2 Å². The van der Waals surface area contributed by atoms with E-state index < -0.39 is 56.9 Å². The van der Waals surface area contributed by atoms with Crippen molar-refractivity contribution in [1.29, 1.82) is 0 Å². The molecule has 2 aromatic heterocycles. The standard InChI is InChI=1S/C47H61N11O10S2Si/c1-47(2,3)71(7,8)68-37(25-49-46(59)60)26-50-69(61,62)41-22-21-40(56-24-23-38-39(30-56)52-45(48)51-38)42(44-53-55-58(54-44)29-33-13-19-36(67-6)20-14-33)43(41)70(63,64)57(27-31-9-15-34(65-4)16-10-31)28-32-11-17-35(66-5)18-12-32/h9-22,37,49-50H,23-30H2,1-8H3,(H,59,60)(H3,48,51,52)/t37-/m1/s1. The first-order valence-electron chi connectivity index (χ1n) is 22.7. The Balaban J connectivity index is 1.45. The molecule has 21 nitrogen and oxygen atoms in total. The highest BCUT2D eigenvalue weighted by Crippen LogP contribution is 2.43. The molecule has 0 saturated heterocycles. The lowest BCUT2D eigenvalue weighted by Crippen LogP contribution is -2.50. The molecule has 3 heterocycles. The first-order valence-corrected chi connectivity index (χ1v) is 28.5. The second kappa shape index (κ2) is 21.4. The molecule has 0 aliphatic carbocycles. The highest BCUT2D eigenvalue weighted by atomic mass is 32.2. The van der Waals surface area contributed by atoms with Crippen molar-refractivity contribution in [1.82, 2.24) is 44.5 Å². The van der Waals surface area contributed by atoms with Crippen LogP contribution in [0.3, 0.4) is 0 Å². The van der Waals surface area contributed by atoms with E-state index in [0.717, 1.165) is 11.3 Å². The Morgan fingerprint density at radius 1 is 0.859 bits per heavy atom. The fourth-order valence-electron chi connectivity index (χ4n) is 7.78. The minimum absolute atomic E-state index is 0.121. The van der Waals surface area contributed by atoms with Gasteiger partial charge in [0, 0.05) is 44.8 Å². The molecule has 1 aliphatic rings. The fraction of sp³-hybridized carbons (Fsp3) is 0.383. The Bertz CT molecular complexity index is 2990. The summed E-state index contributed by atoms with van der Waals surface area (Å²) in [4.78, 5) is 21.2. The van der Waals surface area contributed by atoms with E-state index in [-0.39, 0.29) is 55.1 Å². The number of carboxylic acid groups (broad SMARTS) is 1. The summed E-state index contributed by atoms with van der Waals surface area (Å²) in [5.74, 6) is 1.79. The monoisotopic (exact) mass is 1030 g/mol. The quantitative estimate of drug-likeness (QED) is 0.0548. The van der Waals surface area contributed by atoms with Gasteiger partial charge in [-0.2, -0.15) is 9.10 Å². The lowest BCUT2D eigenvalue weighted by atomic mass is 10.1. The highest BCUT2D eigenvalue weighted by molar-refractivity contribution is 7.92. The maximum Gasteiger partial charge on any atom is 0.404 e. The minimum Gasteiger partial charge on any atom is -0.497 e. The zero-order valence-corrected chi connectivity index (χ0v) is 43.6. The van der Waals surface area contributed by atoms with Crippen LogP contribution in [0, 0.1) is 0 Å². The zero-order valence-electron chi connectivity index (χ0n) is 41.0. The molecule has 1 aliphatic heterocycles. The number of nitrogens with zero attached hydrogens (tertiary/aromatic N) is 7. The van der Waals surface area contributed by atoms with Gasteiger partial charge in [-0.3, -0.25) is 0 Å². The summed E-state index contributed by atoms with van der Waals surface area (Å²) in [6.07, 6.45) is -1.88. The molecule has 0 saturated carbocycles. The molecule has 0 spiro atoms. The maximum atomic E-state index is 16.2. The van der Waals surface area contributed by atoms with E-state index in [4.69, 9.17) is 29.5 Å². The maximum absolute atomic E-state index is 16.2. The molecule has 71 heavy (non-hydrogen) atoms. The molecule has 24 heteroatoms. The molecule has 6 N–H and O–H groups in total. The molecule has 1 atom stereocenters. The summed E-state index contributed by atoms with van der Waals surface area (Å²) in [6.45, 7) is 9.47. The minimum atomic E-state index is -4.97. The van der Waals surface area contributed by atoms with Gasteiger partial charge in [-0.1, -0.05) is 57.2 Å². The van der Waals surface area contributed by atoms with E-state index in [0.29, 0.717) is 52.7 Å². The number of hydrogen-bond acceptors (Lipinski definition) is 15. The number of hydrogen-bond donors (Lipinski definition) is 5. The number of nitrogens with one attached hydrogen (secondary N) is 3. The van der Waals surface area contributed by atoms with Crippen LogP contribution in [0.25, 0.3) is 11.4 Å². The molecular formula is C47H61N11O10S2Si. The summed E-state index contributed by atoms with van der Waals surface area (Å²) in [7, 11) is -7.83. The zero-order chi connectivity index (χ0) is 51.3. The van der Waals surface area contributed by atoms with Crippen molar-refractivity contribution >= 4 is 46.1 Å². The van der Waals surface area contributed by atoms with E-state index in [2.05, 4.69) is 30.3 Å². The Hall–Kier alpha value is -6.57. The number of nitrogens with two attached hydrogens (primary N) is 1. The number of methoxy groups -OCH3 is 3. The third-order valence-corrected chi connectivity index (χ3v) is 20.6. The number of amides is 1. The first kappa shape index (κ1) is 52.3. The SMILES string of the molecule is COc1ccc(CN(Cc2ccc(OC)cc2)S(=O)(=O)c2c(S(=O)(=O)NC[C@@H](CNC(=O)O)O[Si](C)(C)C(C)(C)C)ccc(N3CCc4nc(N)[nH]c4C3)c2-c2nnn(Cc3ccc(OC)cc3)n2)cc1. The van der Waals surface area contributed by atoms with Crippen LogP contribution in [0.2, 0.25) is 18.1 Å². The third kappa shape index (κ3) is 12.3. The summed E-state index contributed by atoms with van der Waals surface area (Å²) in [5, 5.41) is 25.1. The van der Waals surface area contributed by atoms with Gasteiger partial charge in [0.05, 0.1) is 57.5 Å². The Kier molecular flexibility index (Phi) is 15.8. The van der Waals surface area contributed by atoms with Gasteiger partial charge in [-0.15, -0.1) is 10.2 Å². The van der Waals surface area contributed by atoms with E-state index in [1.54, 1.807) is 67.8 Å². The number of H-pyrrole nitrogens is 1. The largest absolute Gasteiger partial charge is 0.497 e. The van der Waals surface area contributed by atoms with E-state index in [9.17, 15) is 9.90 Å². The highest BCUT2D eigenvalue weighted by Gasteiger charge is 2.42. The smallest absolute Gasteiger partial charge is 0.404 e. The second-order valence-electron chi connectivity index (χ2n) is 18.5. The van der Waals surface area contributed by atoms with Crippen LogP contribution in [0.15, 0.2) is 94.7 Å². The van der Waals surface area contributed by atoms with E-state index in [1.165, 1.54) is 35.5 Å². The second-order valence-corrected chi connectivity index (χ2v) is 26.9. The van der Waals surface area contributed by atoms with E-state index in [1.807, 2.05) is 50.9 Å². The molecule has 1 amide bonds. The van der Waals surface area contributed by atoms with Gasteiger partial charge < -0.3 is 44.7 Å². The molecule has 0 fully saturated rings. The van der Waals surface area contributed by atoms with Crippen molar-refractivity contribution in [3.63, 3.8) is 0 Å². The first-order chi connectivity index (χ1) is 33.6. The topological polar surface area (TPSA) is 271 Å². The number of tetrazole rings is 1. The van der Waals surface area contributed by atoms with Crippen LogP contribution in [0.1, 0.15) is 48.8 Å². The predicted octanol–water partition coefficient (Wildman–Crippen LogP) is 5.61. The Labute approximate surface area is 414 Å². The van der Waals surface area contributed by atoms with Crippen molar-refractivity contribution in [2.75, 3.05) is 51.6 Å². The van der Waals surface area contributed by atoms with Crippen molar-refractivity contribution in [2.24, 2.45) is 0 Å². The van der Waals surface area contributed by atoms with Crippen LogP contribution < -0.4 is 34.9 Å². The lowest BCUT2D eigenvalue weighted by molar-refractivity contribution is 0.163. The van der Waals surface area contributed by atoms with Gasteiger partial charge >= 0.3 is 6.09 Å². The number of carbonyl (C=O) groups is 1. The molecular weight excluding hydrogens is 971 g/mol. The normalized spacial score (nSPS) is 13.7. The Morgan fingerprint density at radius 3 is 1.96 bits per heavy atom. The van der Waals surface area contributed by atoms with Crippen molar-refractivity contribution in [2.45, 2.75) is 87.4 Å². The van der Waals surface area contributed by atoms with Crippen LogP contribution in [0.4, 0.5) is 16.4 Å². The average molecular weight is 1030 g/mol. The number of anilines is 2. The average Bonchev–Trinajstić information content (AvgIpc) is 3.97. The fourth-order valence-corrected chi connectivity index (χ4v) is 12.6. The van der Waals surface area contributed by atoms with Crippen molar-refractivity contribution in [3.8, 4) is 28.6 Å². The molecule has 6 aromatic rings. The van der Waals surface area contributed by atoms with Crippen molar-refractivity contribution in [3.05, 3.63) is 113 Å². The number of ether oxygens (including phenoxy) is 3. The van der Waals surface area contributed by atoms with Gasteiger partial charge in [0.2, 0.25) is 25.9 Å². The number of fused-ring (bicyclic) bond motifs is 1. The summed E-state index contributed by atoms with van der Waals surface area (Å²) in [6, 6.07) is 23.8. The van der Waals surface area contributed by atoms with Gasteiger partial charge in [0.1, 0.15) is 27.0 Å². The van der Waals surface area contributed by atoms with Gasteiger partial charge in [-0.05, 0) is 88.6 Å². The third-order valence-electron chi connectivity index (χ3n) is 12.6. The van der Waals surface area contributed by atoms with Crippen LogP contribution in [-0.4, -0.2) is 118 Å². The molecule has 7 rings (SSSR count). The van der Waals surface area contributed by atoms with Crippen LogP contribution >= 0.6 is 0 Å². The summed E-state index contributed by atoms with van der Waals surface area (Å²) in [5.41, 5.74) is 9.63. The van der Waals surface area contributed by atoms with Gasteiger partial charge in [-0.25, -0.2) is 31.3 Å². The van der Waals surface area contributed by atoms with Crippen LogP contribution in [-0.2, 0) is 57.1 Å². The molecule has 0 radical (unpaired) electrons. The number of sulfonamides is 2. The molecule has 380 valence electrons. The summed E-state index contributed by atoms with van der Waals surface area (Å²) < 4.78 is 89.3. The van der Waals surface area contributed by atoms with E-state index >= 15 is 16.8 Å². The lowest BCUT2D eigenvalue weighted by Gasteiger charge is -2.39. The molecule has 4 aromatic carbocycles. The predicted molar refractivity (Wildman–Crippen MR) is 269 cm³/mol. The van der Waals surface area contributed by atoms with Gasteiger partial charge in [0.25, 0.3) is 0 Å². The van der Waals surface area contributed by atoms with Crippen molar-refractivity contribution < 1.29 is 45.4 Å².